The molecule has 2 N–H and O–H groups in total. The highest BCUT2D eigenvalue weighted by atomic mass is 19.4. The van der Waals surface area contributed by atoms with E-state index in [1.54, 1.807) is 0 Å². The van der Waals surface area contributed by atoms with Gasteiger partial charge in [0.05, 0.1) is 0 Å². The summed E-state index contributed by atoms with van der Waals surface area (Å²) in [5.41, 5.74) is 5.42. The molecule has 15 heavy (non-hydrogen) atoms. The van der Waals surface area contributed by atoms with E-state index in [9.17, 15) is 17.6 Å². The topological polar surface area (TPSA) is 26.0 Å². The fourth-order valence-corrected chi connectivity index (χ4v) is 1.26. The first-order chi connectivity index (χ1) is 6.82. The Labute approximate surface area is 84.9 Å². The van der Waals surface area contributed by atoms with Crippen LogP contribution in [0.2, 0.25) is 0 Å². The Morgan fingerprint density at radius 2 is 1.60 bits per heavy atom. The van der Waals surface area contributed by atoms with Crippen LogP contribution >= 0.6 is 0 Å². The average molecular weight is 221 g/mol. The molecule has 0 saturated heterocycles. The molecule has 0 saturated carbocycles. The Bertz CT molecular complexity index is 317. The van der Waals surface area contributed by atoms with E-state index in [4.69, 9.17) is 5.73 Å². The zero-order valence-corrected chi connectivity index (χ0v) is 8.05. The van der Waals surface area contributed by atoms with Crippen LogP contribution in [0.15, 0.2) is 24.3 Å². The SMILES string of the molecule is CC(c1ccc(F)cc1)C(N)C(F)(F)F. The second-order valence-corrected chi connectivity index (χ2v) is 3.41. The van der Waals surface area contributed by atoms with E-state index in [1.807, 2.05) is 0 Å². The summed E-state index contributed by atoms with van der Waals surface area (Å²) in [6, 6.07) is 2.93. The molecule has 0 bridgehead atoms. The number of halogens is 4. The molecule has 2 unspecified atom stereocenters. The first-order valence-corrected chi connectivity index (χ1v) is 4.40. The van der Waals surface area contributed by atoms with E-state index in [0.29, 0.717) is 5.56 Å². The van der Waals surface area contributed by atoms with Crippen molar-refractivity contribution in [3.8, 4) is 0 Å². The fourth-order valence-electron chi connectivity index (χ4n) is 1.26. The van der Waals surface area contributed by atoms with Crippen molar-refractivity contribution in [3.05, 3.63) is 35.6 Å². The van der Waals surface area contributed by atoms with Gasteiger partial charge in [-0.2, -0.15) is 13.2 Å². The highest BCUT2D eigenvalue weighted by molar-refractivity contribution is 5.21. The third-order valence-electron chi connectivity index (χ3n) is 2.31. The lowest BCUT2D eigenvalue weighted by molar-refractivity contribution is -0.151. The standard InChI is InChI=1S/C10H11F4N/c1-6(9(15)10(12,13)14)7-2-4-8(11)5-3-7/h2-6,9H,15H2,1H3. The van der Waals surface area contributed by atoms with Crippen LogP contribution in [0.1, 0.15) is 18.4 Å². The molecule has 0 aliphatic heterocycles. The van der Waals surface area contributed by atoms with Crippen molar-refractivity contribution in [1.82, 2.24) is 0 Å². The maximum absolute atomic E-state index is 12.5. The second kappa shape index (κ2) is 4.18. The summed E-state index contributed by atoms with van der Waals surface area (Å²) >= 11 is 0. The highest BCUT2D eigenvalue weighted by Crippen LogP contribution is 2.29. The highest BCUT2D eigenvalue weighted by Gasteiger charge is 2.40. The number of hydrogen-bond donors (Lipinski definition) is 1. The molecule has 0 heterocycles. The average Bonchev–Trinajstić information content (AvgIpc) is 2.15. The van der Waals surface area contributed by atoms with Gasteiger partial charge in [-0.05, 0) is 17.7 Å². The van der Waals surface area contributed by atoms with Crippen molar-refractivity contribution in [1.29, 1.82) is 0 Å². The van der Waals surface area contributed by atoms with Gasteiger partial charge in [0.2, 0.25) is 0 Å². The predicted molar refractivity (Wildman–Crippen MR) is 48.8 cm³/mol. The van der Waals surface area contributed by atoms with Crippen LogP contribution in [0.3, 0.4) is 0 Å². The summed E-state index contributed by atoms with van der Waals surface area (Å²) in [7, 11) is 0. The molecule has 0 fully saturated rings. The third-order valence-corrected chi connectivity index (χ3v) is 2.31. The maximum atomic E-state index is 12.5. The molecule has 0 aromatic heterocycles. The summed E-state index contributed by atoms with van der Waals surface area (Å²) < 4.78 is 49.3. The van der Waals surface area contributed by atoms with E-state index in [2.05, 4.69) is 0 Å². The van der Waals surface area contributed by atoms with Gasteiger partial charge in [-0.25, -0.2) is 4.39 Å². The van der Waals surface area contributed by atoms with E-state index < -0.39 is 24.0 Å². The Kier molecular flexibility index (Phi) is 3.34. The van der Waals surface area contributed by atoms with Gasteiger partial charge in [-0.1, -0.05) is 19.1 Å². The zero-order chi connectivity index (χ0) is 11.6. The van der Waals surface area contributed by atoms with Crippen molar-refractivity contribution in [2.24, 2.45) is 5.73 Å². The first kappa shape index (κ1) is 12.0. The molecule has 0 aliphatic carbocycles. The molecule has 5 heteroatoms. The number of benzene rings is 1. The molecule has 1 aromatic carbocycles. The van der Waals surface area contributed by atoms with Crippen LogP contribution in [-0.2, 0) is 0 Å². The van der Waals surface area contributed by atoms with E-state index >= 15 is 0 Å². The maximum Gasteiger partial charge on any atom is 0.404 e. The van der Waals surface area contributed by atoms with E-state index in [0.717, 1.165) is 12.1 Å². The van der Waals surface area contributed by atoms with Gasteiger partial charge >= 0.3 is 6.18 Å². The van der Waals surface area contributed by atoms with Crippen LogP contribution in [0, 0.1) is 5.82 Å². The van der Waals surface area contributed by atoms with Crippen LogP contribution < -0.4 is 5.73 Å². The van der Waals surface area contributed by atoms with Crippen molar-refractivity contribution in [2.45, 2.75) is 25.1 Å². The van der Waals surface area contributed by atoms with Gasteiger partial charge in [-0.15, -0.1) is 0 Å². The van der Waals surface area contributed by atoms with Crippen molar-refractivity contribution in [3.63, 3.8) is 0 Å². The minimum atomic E-state index is -4.44. The van der Waals surface area contributed by atoms with Crippen LogP contribution in [0.4, 0.5) is 17.6 Å². The summed E-state index contributed by atoms with van der Waals surface area (Å²) in [5.74, 6) is -1.36. The Morgan fingerprint density at radius 1 is 1.13 bits per heavy atom. The molecule has 84 valence electrons. The third kappa shape index (κ3) is 2.92. The quantitative estimate of drug-likeness (QED) is 0.763. The molecule has 2 atom stereocenters. The summed E-state index contributed by atoms with van der Waals surface area (Å²) in [4.78, 5) is 0. The largest absolute Gasteiger partial charge is 0.404 e. The monoisotopic (exact) mass is 221 g/mol. The van der Waals surface area contributed by atoms with Gasteiger partial charge in [0, 0.05) is 5.92 Å². The Hall–Kier alpha value is -1.10. The van der Waals surface area contributed by atoms with Crippen LogP contribution in [-0.4, -0.2) is 12.2 Å². The molecule has 0 aliphatic rings. The number of alkyl halides is 3. The smallest absolute Gasteiger partial charge is 0.320 e. The lowest BCUT2D eigenvalue weighted by Crippen LogP contribution is -2.41. The molecule has 0 amide bonds. The second-order valence-electron chi connectivity index (χ2n) is 3.41. The van der Waals surface area contributed by atoms with Crippen molar-refractivity contribution < 1.29 is 17.6 Å². The van der Waals surface area contributed by atoms with Gasteiger partial charge in [-0.3, -0.25) is 0 Å². The van der Waals surface area contributed by atoms with Gasteiger partial charge in [0.15, 0.2) is 0 Å². The molecule has 1 aromatic rings. The number of nitrogens with two attached hydrogens (primary N) is 1. The van der Waals surface area contributed by atoms with Gasteiger partial charge < -0.3 is 5.73 Å². The van der Waals surface area contributed by atoms with E-state index in [-0.39, 0.29) is 0 Å². The molecule has 1 nitrogen and oxygen atoms in total. The fraction of sp³-hybridized carbons (Fsp3) is 0.400. The van der Waals surface area contributed by atoms with E-state index in [1.165, 1.54) is 19.1 Å². The lowest BCUT2D eigenvalue weighted by atomic mass is 9.93. The van der Waals surface area contributed by atoms with Crippen LogP contribution in [0.5, 0.6) is 0 Å². The molecular weight excluding hydrogens is 210 g/mol. The molecular formula is C10H11F4N. The summed E-state index contributed by atoms with van der Waals surface area (Å²) in [6.07, 6.45) is -4.44. The first-order valence-electron chi connectivity index (χ1n) is 4.40. The van der Waals surface area contributed by atoms with Crippen molar-refractivity contribution in [2.75, 3.05) is 0 Å². The normalized spacial score (nSPS) is 16.1. The van der Waals surface area contributed by atoms with Gasteiger partial charge in [0.25, 0.3) is 0 Å². The van der Waals surface area contributed by atoms with Gasteiger partial charge in [0.1, 0.15) is 11.9 Å². The Balaban J connectivity index is 2.85. The van der Waals surface area contributed by atoms with Crippen LogP contribution in [0.25, 0.3) is 0 Å². The molecule has 0 radical (unpaired) electrons. The summed E-state index contributed by atoms with van der Waals surface area (Å²) in [6.45, 7) is 1.37. The summed E-state index contributed by atoms with van der Waals surface area (Å²) in [5, 5.41) is 0. The van der Waals surface area contributed by atoms with Crippen molar-refractivity contribution >= 4 is 0 Å². The molecule has 0 spiro atoms. The Morgan fingerprint density at radius 3 is 2.00 bits per heavy atom. The number of hydrogen-bond acceptors (Lipinski definition) is 1. The number of rotatable bonds is 2. The minimum absolute atomic E-state index is 0.376. The zero-order valence-electron chi connectivity index (χ0n) is 8.05. The molecule has 1 rings (SSSR count). The minimum Gasteiger partial charge on any atom is -0.320 e. The predicted octanol–water partition coefficient (Wildman–Crippen LogP) is 2.82. The lowest BCUT2D eigenvalue weighted by Gasteiger charge is -2.22.